The molecule has 3 rings (SSSR count). The Morgan fingerprint density at radius 1 is 1.22 bits per heavy atom. The fraction of sp³-hybridized carbons (Fsp3) is 0.750. The topological polar surface area (TPSA) is 96.7 Å². The van der Waals surface area contributed by atoms with E-state index in [1.807, 2.05) is 32.2 Å². The van der Waals surface area contributed by atoms with E-state index >= 15 is 0 Å². The Morgan fingerprint density at radius 3 is 2.46 bits per heavy atom. The summed E-state index contributed by atoms with van der Waals surface area (Å²) in [4.78, 5) is 30.8. The second kappa shape index (κ2) is 11.2. The average Bonchev–Trinajstić information content (AvgIpc) is 3.06. The summed E-state index contributed by atoms with van der Waals surface area (Å²) in [6, 6.07) is 0. The fourth-order valence-electron chi connectivity index (χ4n) is 5.72. The van der Waals surface area contributed by atoms with E-state index in [4.69, 9.17) is 27.9 Å². The van der Waals surface area contributed by atoms with Gasteiger partial charge in [-0.05, 0) is 50.7 Å². The number of aromatic nitrogens is 1. The first-order valence-electron chi connectivity index (χ1n) is 13.1. The highest BCUT2D eigenvalue weighted by molar-refractivity contribution is 7.09. The van der Waals surface area contributed by atoms with E-state index < -0.39 is 39.9 Å². The lowest BCUT2D eigenvalue weighted by Crippen LogP contribution is -2.45. The van der Waals surface area contributed by atoms with Gasteiger partial charge in [0.05, 0.1) is 34.7 Å². The third-order valence-corrected chi connectivity index (χ3v) is 11.0. The number of alkyl halides is 2. The Balaban J connectivity index is 1.93. The number of aliphatic hydroxyl groups excluding tert-OH is 2. The first-order chi connectivity index (χ1) is 17.0. The van der Waals surface area contributed by atoms with E-state index in [9.17, 15) is 19.8 Å². The molecule has 0 unspecified atom stereocenters. The van der Waals surface area contributed by atoms with E-state index in [1.165, 1.54) is 0 Å². The third kappa shape index (κ3) is 6.27. The number of esters is 1. The van der Waals surface area contributed by atoms with Crippen LogP contribution >= 0.6 is 34.5 Å². The molecule has 2 heterocycles. The molecular weight excluding hydrogens is 533 g/mol. The number of carbonyl (C=O) groups is 2. The molecule has 1 saturated heterocycles. The molecule has 1 aliphatic heterocycles. The number of aryl methyl sites for hydroxylation is 1. The number of aliphatic hydroxyl groups is 2. The van der Waals surface area contributed by atoms with E-state index in [2.05, 4.69) is 11.9 Å². The number of Topliss-reactive ketones (excluding diaryl/α,β-unsaturated/α-hetero) is 1. The van der Waals surface area contributed by atoms with Crippen LogP contribution in [0.5, 0.6) is 0 Å². The number of carbonyl (C=O) groups excluding carboxylic acids is 2. The Bertz CT molecular complexity index is 1040. The summed E-state index contributed by atoms with van der Waals surface area (Å²) in [5.41, 5.74) is 0.000127. The van der Waals surface area contributed by atoms with E-state index in [0.717, 1.165) is 29.1 Å². The number of halogens is 2. The van der Waals surface area contributed by atoms with Crippen molar-refractivity contribution in [2.45, 2.75) is 103 Å². The first-order valence-corrected chi connectivity index (χ1v) is 14.7. The molecule has 0 aromatic carbocycles. The number of hydrogen-bond acceptors (Lipinski definition) is 7. The van der Waals surface area contributed by atoms with Crippen LogP contribution in [-0.2, 0) is 14.3 Å². The van der Waals surface area contributed by atoms with E-state index in [1.54, 1.807) is 32.1 Å². The summed E-state index contributed by atoms with van der Waals surface area (Å²) >= 11 is 15.1. The minimum absolute atomic E-state index is 0.100. The summed E-state index contributed by atoms with van der Waals surface area (Å²) in [6.07, 6.45) is 1.54. The van der Waals surface area contributed by atoms with Crippen LogP contribution in [0.25, 0.3) is 6.08 Å². The number of nitrogens with zero attached hydrogens (tertiary/aromatic N) is 1. The van der Waals surface area contributed by atoms with Gasteiger partial charge in [0.15, 0.2) is 0 Å². The predicted octanol–water partition coefficient (Wildman–Crippen LogP) is 6.13. The van der Waals surface area contributed by atoms with E-state index in [-0.39, 0.29) is 29.5 Å². The normalized spacial score (nSPS) is 37.5. The molecule has 1 saturated carbocycles. The number of hydrogen-bond donors (Lipinski definition) is 2. The number of ether oxygens (including phenoxy) is 1. The van der Waals surface area contributed by atoms with Crippen molar-refractivity contribution in [1.82, 2.24) is 4.98 Å². The third-order valence-electron chi connectivity index (χ3n) is 8.82. The van der Waals surface area contributed by atoms with Gasteiger partial charge in [0, 0.05) is 22.6 Å². The van der Waals surface area contributed by atoms with Crippen molar-refractivity contribution in [1.29, 1.82) is 0 Å². The van der Waals surface area contributed by atoms with Crippen molar-refractivity contribution in [3.63, 3.8) is 0 Å². The first kappa shape index (κ1) is 30.6. The molecule has 2 fully saturated rings. The molecular formula is C28H41Cl2NO5S. The van der Waals surface area contributed by atoms with Crippen molar-refractivity contribution < 1.29 is 24.5 Å². The number of ketones is 1. The van der Waals surface area contributed by atoms with Crippen molar-refractivity contribution in [2.75, 3.05) is 0 Å². The minimum atomic E-state index is -1.26. The molecule has 1 aromatic rings. The molecule has 0 spiro atoms. The van der Waals surface area contributed by atoms with Crippen molar-refractivity contribution in [3.05, 3.63) is 21.7 Å². The van der Waals surface area contributed by atoms with Gasteiger partial charge < -0.3 is 14.9 Å². The highest BCUT2D eigenvalue weighted by Gasteiger charge is 2.72. The maximum Gasteiger partial charge on any atom is 0.309 e. The second-order valence-electron chi connectivity index (χ2n) is 11.9. The van der Waals surface area contributed by atoms with Gasteiger partial charge >= 0.3 is 5.97 Å². The summed E-state index contributed by atoms with van der Waals surface area (Å²) in [5, 5.41) is 24.7. The highest BCUT2D eigenvalue weighted by Crippen LogP contribution is 2.73. The van der Waals surface area contributed by atoms with E-state index in [0.29, 0.717) is 12.8 Å². The average molecular weight is 575 g/mol. The van der Waals surface area contributed by atoms with Crippen LogP contribution in [0.1, 0.15) is 84.3 Å². The van der Waals surface area contributed by atoms with Gasteiger partial charge in [-0.25, -0.2) is 4.98 Å². The van der Waals surface area contributed by atoms with Gasteiger partial charge in [0.1, 0.15) is 16.2 Å². The molecule has 1 aliphatic carbocycles. The van der Waals surface area contributed by atoms with Gasteiger partial charge in [0.25, 0.3) is 0 Å². The quantitative estimate of drug-likeness (QED) is 0.326. The highest BCUT2D eigenvalue weighted by atomic mass is 35.5. The lowest BCUT2D eigenvalue weighted by Gasteiger charge is -2.34. The number of rotatable bonds is 2. The van der Waals surface area contributed by atoms with Gasteiger partial charge in [-0.3, -0.25) is 9.59 Å². The number of fused-ring (bicyclic) bond motifs is 1. The zero-order valence-corrected chi connectivity index (χ0v) is 25.2. The van der Waals surface area contributed by atoms with Crippen LogP contribution in [0, 0.1) is 35.5 Å². The molecule has 37 heavy (non-hydrogen) atoms. The van der Waals surface area contributed by atoms with Crippen LogP contribution < -0.4 is 0 Å². The summed E-state index contributed by atoms with van der Waals surface area (Å²) in [6.45, 7) is 12.7. The molecule has 0 bridgehead atoms. The Labute approximate surface area is 234 Å². The Kier molecular flexibility index (Phi) is 9.28. The lowest BCUT2D eigenvalue weighted by atomic mass is 9.73. The van der Waals surface area contributed by atoms with Crippen molar-refractivity contribution in [3.8, 4) is 0 Å². The summed E-state index contributed by atoms with van der Waals surface area (Å²) in [5.74, 6) is -1.79. The fourth-order valence-corrected chi connectivity index (χ4v) is 7.29. The monoisotopic (exact) mass is 573 g/mol. The summed E-state index contributed by atoms with van der Waals surface area (Å²) < 4.78 is 4.96. The minimum Gasteiger partial charge on any atom is -0.458 e. The Morgan fingerprint density at radius 2 is 1.86 bits per heavy atom. The molecule has 208 valence electrons. The lowest BCUT2D eigenvalue weighted by molar-refractivity contribution is -0.154. The molecule has 0 amide bonds. The van der Waals surface area contributed by atoms with Crippen molar-refractivity contribution >= 4 is 52.4 Å². The smallest absolute Gasteiger partial charge is 0.309 e. The Hall–Kier alpha value is -0.990. The molecule has 2 aliphatic rings. The number of thiazole rings is 1. The molecule has 0 radical (unpaired) electrons. The SMILES string of the molecule is C/C(=C\c1csc(C)n1)[C@@H]1C[C@@H]2C(Cl)(Cl)[C@]2(C)CCC[C@H](C)[C@H](O)[C@@H](C)C(=O)C(C)(C)[C@@H](O)CC(=O)O1. The van der Waals surface area contributed by atoms with Crippen LogP contribution in [0.3, 0.4) is 0 Å². The zero-order chi connectivity index (χ0) is 27.9. The maximum absolute atomic E-state index is 13.3. The van der Waals surface area contributed by atoms with Crippen molar-refractivity contribution in [2.24, 2.45) is 28.6 Å². The van der Waals surface area contributed by atoms with Gasteiger partial charge in [-0.2, -0.15) is 0 Å². The molecule has 1 aromatic heterocycles. The van der Waals surface area contributed by atoms with Crippen LogP contribution in [-0.4, -0.2) is 49.6 Å². The van der Waals surface area contributed by atoms with Crippen LogP contribution in [0.15, 0.2) is 11.0 Å². The predicted molar refractivity (Wildman–Crippen MR) is 149 cm³/mol. The second-order valence-corrected chi connectivity index (χ2v) is 14.4. The van der Waals surface area contributed by atoms with Crippen LogP contribution in [0.4, 0.5) is 0 Å². The summed E-state index contributed by atoms with van der Waals surface area (Å²) in [7, 11) is 0. The number of cyclic esters (lactones) is 1. The molecule has 7 atom stereocenters. The van der Waals surface area contributed by atoms with Gasteiger partial charge in [0.2, 0.25) is 0 Å². The molecule has 9 heteroatoms. The molecule has 2 N–H and O–H groups in total. The standard InChI is InChI=1S/C28H41Cl2NO5S/c1-15-9-8-10-27(7)21(28(27,29)30)12-20(16(2)11-19-14-37-18(4)31-19)36-23(33)13-22(32)26(5,6)25(35)17(3)24(15)34/h11,14-15,17,20-22,24,32,34H,8-10,12-13H2,1-7H3/b16-11+/t15-,17+,20-,21-,22-,24-,27+/m0/s1. The van der Waals surface area contributed by atoms with Crippen LogP contribution in [0.2, 0.25) is 0 Å². The zero-order valence-electron chi connectivity index (χ0n) is 22.9. The van der Waals surface area contributed by atoms with Gasteiger partial charge in [-0.15, -0.1) is 34.5 Å². The molecule has 6 nitrogen and oxygen atoms in total. The van der Waals surface area contributed by atoms with Gasteiger partial charge in [-0.1, -0.05) is 41.0 Å². The maximum atomic E-state index is 13.3. The largest absolute Gasteiger partial charge is 0.458 e.